The minimum absolute atomic E-state index is 0.00221. The van der Waals surface area contributed by atoms with Crippen molar-refractivity contribution in [1.82, 2.24) is 10.2 Å². The summed E-state index contributed by atoms with van der Waals surface area (Å²) in [4.78, 5) is 31.0. The summed E-state index contributed by atoms with van der Waals surface area (Å²) in [5, 5.41) is 3.47. The van der Waals surface area contributed by atoms with Gasteiger partial charge in [-0.05, 0) is 87.5 Å². The first kappa shape index (κ1) is 35.1. The molecule has 46 heavy (non-hydrogen) atoms. The quantitative estimate of drug-likeness (QED) is 0.161. The van der Waals surface area contributed by atoms with Gasteiger partial charge < -0.3 is 10.2 Å². The zero-order chi connectivity index (χ0) is 33.5. The summed E-state index contributed by atoms with van der Waals surface area (Å²) in [6.45, 7) is 6.99. The fourth-order valence-corrected chi connectivity index (χ4v) is 6.95. The molecule has 10 heteroatoms. The van der Waals surface area contributed by atoms with Crippen molar-refractivity contribution in [3.63, 3.8) is 0 Å². The second-order valence-electron chi connectivity index (χ2n) is 12.1. The first-order valence-corrected chi connectivity index (χ1v) is 17.9. The number of halogens is 1. The van der Waals surface area contributed by atoms with E-state index in [1.54, 1.807) is 66.7 Å². The molecule has 0 spiro atoms. The van der Waals surface area contributed by atoms with Gasteiger partial charge in [0.25, 0.3) is 10.0 Å². The Morgan fingerprint density at radius 3 is 2.07 bits per heavy atom. The van der Waals surface area contributed by atoms with E-state index in [2.05, 4.69) is 5.32 Å². The Balaban J connectivity index is 1.82. The number of sulfonamides is 1. The molecular weight excluding hydrogens is 638 g/mol. The topological polar surface area (TPSA) is 86.8 Å². The van der Waals surface area contributed by atoms with Crippen LogP contribution in [0.15, 0.2) is 113 Å². The van der Waals surface area contributed by atoms with Gasteiger partial charge in [0.2, 0.25) is 11.8 Å². The molecule has 4 aromatic rings. The molecule has 0 aliphatic heterocycles. The number of aryl methyl sites for hydroxylation is 1. The first-order chi connectivity index (χ1) is 21.8. The van der Waals surface area contributed by atoms with Crippen molar-refractivity contribution in [3.05, 3.63) is 125 Å². The Labute approximate surface area is 282 Å². The van der Waals surface area contributed by atoms with Gasteiger partial charge in [0.15, 0.2) is 0 Å². The fraction of sp³-hybridized carbons (Fsp3) is 0.278. The second kappa shape index (κ2) is 15.2. The molecule has 4 aromatic carbocycles. The van der Waals surface area contributed by atoms with Gasteiger partial charge in [-0.1, -0.05) is 77.8 Å². The van der Waals surface area contributed by atoms with E-state index >= 15 is 0 Å². The lowest BCUT2D eigenvalue weighted by atomic mass is 10.0. The van der Waals surface area contributed by atoms with Crippen LogP contribution in [0.1, 0.15) is 37.5 Å². The molecule has 0 fully saturated rings. The van der Waals surface area contributed by atoms with Crippen LogP contribution >= 0.6 is 23.4 Å². The van der Waals surface area contributed by atoms with E-state index in [4.69, 9.17) is 11.6 Å². The molecule has 0 bridgehead atoms. The maximum absolute atomic E-state index is 14.6. The number of amides is 2. The van der Waals surface area contributed by atoms with Crippen LogP contribution < -0.4 is 9.62 Å². The SMILES string of the molecule is CSc1ccc(S(=O)(=O)N(CC(=O)N(Cc2ccccc2Cl)C(Cc2ccccc2)C(=O)NC(C)(C)C)c2ccc(C)cc2)cc1. The number of benzene rings is 4. The normalized spacial score (nSPS) is 12.3. The standard InChI is InChI=1S/C36H40ClN3O4S2/c1-26-15-17-29(18-16-26)40(46(43,44)31-21-19-30(45-5)20-22-31)25-34(41)39(24-28-13-9-10-14-32(28)37)33(35(42)38-36(2,3)4)23-27-11-7-6-8-12-27/h6-22,33H,23-25H2,1-5H3,(H,38,42). The van der Waals surface area contributed by atoms with Gasteiger partial charge in [-0.3, -0.25) is 13.9 Å². The summed E-state index contributed by atoms with van der Waals surface area (Å²) in [6, 6.07) is 29.1. The Morgan fingerprint density at radius 1 is 0.870 bits per heavy atom. The number of nitrogens with one attached hydrogen (secondary N) is 1. The van der Waals surface area contributed by atoms with E-state index in [0.29, 0.717) is 16.3 Å². The summed E-state index contributed by atoms with van der Waals surface area (Å²) in [5.41, 5.74) is 2.19. The molecule has 0 saturated carbocycles. The molecule has 0 heterocycles. The third kappa shape index (κ3) is 9.15. The number of nitrogens with zero attached hydrogens (tertiary/aromatic N) is 2. The molecule has 4 rings (SSSR count). The van der Waals surface area contributed by atoms with Crippen LogP contribution in [0.3, 0.4) is 0 Å². The van der Waals surface area contributed by atoms with Gasteiger partial charge in [0.1, 0.15) is 12.6 Å². The molecule has 1 unspecified atom stereocenters. The molecule has 0 aromatic heterocycles. The largest absolute Gasteiger partial charge is 0.350 e. The molecule has 0 saturated heterocycles. The molecule has 1 N–H and O–H groups in total. The average Bonchev–Trinajstić information content (AvgIpc) is 3.02. The van der Waals surface area contributed by atoms with Crippen LogP contribution in [-0.2, 0) is 32.6 Å². The van der Waals surface area contributed by atoms with E-state index < -0.39 is 34.1 Å². The molecule has 2 amide bonds. The average molecular weight is 678 g/mol. The Hall–Kier alpha value is -3.79. The van der Waals surface area contributed by atoms with Crippen LogP contribution in [0.5, 0.6) is 0 Å². The van der Waals surface area contributed by atoms with Crippen molar-refractivity contribution in [2.24, 2.45) is 0 Å². The monoisotopic (exact) mass is 677 g/mol. The first-order valence-electron chi connectivity index (χ1n) is 14.9. The minimum atomic E-state index is -4.19. The van der Waals surface area contributed by atoms with Gasteiger partial charge in [0, 0.05) is 28.4 Å². The van der Waals surface area contributed by atoms with E-state index in [1.165, 1.54) is 16.7 Å². The van der Waals surface area contributed by atoms with Crippen LogP contribution in [0.25, 0.3) is 0 Å². The van der Waals surface area contributed by atoms with Gasteiger partial charge in [0.05, 0.1) is 10.6 Å². The number of thioether (sulfide) groups is 1. The van der Waals surface area contributed by atoms with Gasteiger partial charge in [-0.15, -0.1) is 11.8 Å². The number of hydrogen-bond acceptors (Lipinski definition) is 5. The van der Waals surface area contributed by atoms with Crippen LogP contribution in [0, 0.1) is 6.92 Å². The van der Waals surface area contributed by atoms with Crippen LogP contribution in [-0.4, -0.2) is 49.5 Å². The Kier molecular flexibility index (Phi) is 11.6. The molecule has 1 atom stereocenters. The van der Waals surface area contributed by atoms with Crippen molar-refractivity contribution in [3.8, 4) is 0 Å². The highest BCUT2D eigenvalue weighted by atomic mass is 35.5. The number of hydrogen-bond donors (Lipinski definition) is 1. The van der Waals surface area contributed by atoms with Crippen molar-refractivity contribution in [2.75, 3.05) is 17.1 Å². The molecule has 0 radical (unpaired) electrons. The Morgan fingerprint density at radius 2 is 1.48 bits per heavy atom. The second-order valence-corrected chi connectivity index (χ2v) is 15.2. The fourth-order valence-electron chi connectivity index (χ4n) is 4.93. The maximum Gasteiger partial charge on any atom is 0.264 e. The predicted molar refractivity (Wildman–Crippen MR) is 188 cm³/mol. The van der Waals surface area contributed by atoms with Crippen LogP contribution in [0.4, 0.5) is 5.69 Å². The molecule has 0 aliphatic rings. The Bertz CT molecular complexity index is 1740. The summed E-state index contributed by atoms with van der Waals surface area (Å²) in [6.07, 6.45) is 2.13. The highest BCUT2D eigenvalue weighted by Crippen LogP contribution is 2.28. The van der Waals surface area contributed by atoms with E-state index in [9.17, 15) is 18.0 Å². The third-order valence-corrected chi connectivity index (χ3v) is 10.2. The summed E-state index contributed by atoms with van der Waals surface area (Å²) < 4.78 is 29.6. The summed E-state index contributed by atoms with van der Waals surface area (Å²) in [5.74, 6) is -0.899. The summed E-state index contributed by atoms with van der Waals surface area (Å²) in [7, 11) is -4.19. The predicted octanol–water partition coefficient (Wildman–Crippen LogP) is 7.12. The van der Waals surface area contributed by atoms with E-state index in [1.807, 2.05) is 70.3 Å². The lowest BCUT2D eigenvalue weighted by Crippen LogP contribution is -2.56. The molecule has 242 valence electrons. The van der Waals surface area contributed by atoms with Crippen LogP contribution in [0.2, 0.25) is 5.02 Å². The van der Waals surface area contributed by atoms with Gasteiger partial charge in [-0.2, -0.15) is 0 Å². The maximum atomic E-state index is 14.6. The van der Waals surface area contributed by atoms with Crippen molar-refractivity contribution in [2.45, 2.75) is 62.0 Å². The highest BCUT2D eigenvalue weighted by Gasteiger charge is 2.36. The number of carbonyl (C=O) groups is 2. The zero-order valence-corrected chi connectivity index (χ0v) is 29.1. The van der Waals surface area contributed by atoms with E-state index in [-0.39, 0.29) is 23.8 Å². The smallest absolute Gasteiger partial charge is 0.264 e. The molecule has 0 aliphatic carbocycles. The lowest BCUT2D eigenvalue weighted by Gasteiger charge is -2.35. The summed E-state index contributed by atoms with van der Waals surface area (Å²) >= 11 is 8.07. The number of carbonyl (C=O) groups excluding carboxylic acids is 2. The zero-order valence-electron chi connectivity index (χ0n) is 26.7. The minimum Gasteiger partial charge on any atom is -0.350 e. The molecular formula is C36H40ClN3O4S2. The highest BCUT2D eigenvalue weighted by molar-refractivity contribution is 7.98. The van der Waals surface area contributed by atoms with E-state index in [0.717, 1.165) is 20.3 Å². The van der Waals surface area contributed by atoms with Gasteiger partial charge >= 0.3 is 0 Å². The van der Waals surface area contributed by atoms with Crippen molar-refractivity contribution in [1.29, 1.82) is 0 Å². The number of anilines is 1. The number of rotatable bonds is 12. The lowest BCUT2D eigenvalue weighted by molar-refractivity contribution is -0.140. The van der Waals surface area contributed by atoms with Gasteiger partial charge in [-0.25, -0.2) is 8.42 Å². The molecule has 7 nitrogen and oxygen atoms in total. The van der Waals surface area contributed by atoms with Crippen molar-refractivity contribution < 1.29 is 18.0 Å². The van der Waals surface area contributed by atoms with Crippen molar-refractivity contribution >= 4 is 50.9 Å². The third-order valence-electron chi connectivity index (χ3n) is 7.32.